The topological polar surface area (TPSA) is 163 Å². The SMILES string of the molecule is CCOCC.Cc1noc(C)c1/C=C1\CNC/C(=C\c2c(C)noc2C)C1=O.Cc1noc(C)c1C=O.FB(F)F.O=C1CCNCC1. The second-order valence-electron chi connectivity index (χ2n) is 10.4. The third kappa shape index (κ3) is 14.7. The molecule has 0 unspecified atom stereocenters. The minimum Gasteiger partial charge on any atom is -0.382 e. The third-order valence-electron chi connectivity index (χ3n) is 6.80. The third-order valence-corrected chi connectivity index (χ3v) is 6.80. The number of nitrogens with zero attached hydrogens (tertiary/aromatic N) is 3. The van der Waals surface area contributed by atoms with Gasteiger partial charge in [-0.25, -0.2) is 0 Å². The van der Waals surface area contributed by atoms with Crippen LogP contribution in [0.4, 0.5) is 12.9 Å². The predicted octanol–water partition coefficient (Wildman–Crippen LogP) is 5.50. The summed E-state index contributed by atoms with van der Waals surface area (Å²) >= 11 is 0. The van der Waals surface area contributed by atoms with Gasteiger partial charge >= 0.3 is 7.54 Å². The molecular formula is C32H45BF3N5O7. The minimum absolute atomic E-state index is 0.0313. The molecule has 2 fully saturated rings. The number of hydrogen-bond acceptors (Lipinski definition) is 12. The summed E-state index contributed by atoms with van der Waals surface area (Å²) in [6, 6.07) is 0. The number of nitrogens with one attached hydrogen (secondary N) is 2. The first-order valence-electron chi connectivity index (χ1n) is 15.4. The van der Waals surface area contributed by atoms with Crippen LogP contribution in [-0.4, -0.2) is 80.3 Å². The van der Waals surface area contributed by atoms with Gasteiger partial charge in [0.1, 0.15) is 23.1 Å². The molecule has 2 aliphatic heterocycles. The normalized spacial score (nSPS) is 15.6. The number of ketones is 2. The molecule has 0 atom stereocenters. The maximum Gasteiger partial charge on any atom is 0.762 e. The number of hydrogen-bond donors (Lipinski definition) is 2. The molecule has 2 saturated heterocycles. The number of halogens is 3. The first kappa shape index (κ1) is 41.9. The summed E-state index contributed by atoms with van der Waals surface area (Å²) in [5, 5.41) is 17.8. The summed E-state index contributed by atoms with van der Waals surface area (Å²) in [6.45, 7) is 19.4. The molecule has 2 aliphatic rings. The average Bonchev–Trinajstić information content (AvgIpc) is 3.66. The lowest BCUT2D eigenvalue weighted by atomic mass is 9.95. The van der Waals surface area contributed by atoms with Crippen LogP contribution in [0.2, 0.25) is 0 Å². The van der Waals surface area contributed by atoms with E-state index in [1.165, 1.54) is 0 Å². The Labute approximate surface area is 279 Å². The van der Waals surface area contributed by atoms with Gasteiger partial charge in [0.25, 0.3) is 0 Å². The van der Waals surface area contributed by atoms with E-state index in [9.17, 15) is 27.3 Å². The largest absolute Gasteiger partial charge is 0.762 e. The molecule has 0 radical (unpaired) electrons. The van der Waals surface area contributed by atoms with E-state index in [2.05, 4.69) is 26.1 Å². The number of ether oxygens (including phenoxy) is 1. The second-order valence-corrected chi connectivity index (χ2v) is 10.4. The Kier molecular flexibility index (Phi) is 19.6. The van der Waals surface area contributed by atoms with Crippen LogP contribution < -0.4 is 10.6 Å². The molecule has 0 saturated carbocycles. The van der Waals surface area contributed by atoms with Gasteiger partial charge in [0, 0.05) is 74.5 Å². The molecule has 2 N–H and O–H groups in total. The molecule has 0 aliphatic carbocycles. The van der Waals surface area contributed by atoms with Crippen molar-refractivity contribution in [2.24, 2.45) is 0 Å². The Morgan fingerprint density at radius 2 is 1.08 bits per heavy atom. The lowest BCUT2D eigenvalue weighted by Gasteiger charge is -2.18. The van der Waals surface area contributed by atoms with Crippen molar-refractivity contribution in [1.82, 2.24) is 26.1 Å². The number of aldehydes is 1. The van der Waals surface area contributed by atoms with Gasteiger partial charge < -0.3 is 28.9 Å². The van der Waals surface area contributed by atoms with Crippen LogP contribution in [0.15, 0.2) is 24.7 Å². The molecule has 0 spiro atoms. The number of aromatic nitrogens is 3. The van der Waals surface area contributed by atoms with Crippen LogP contribution in [-0.2, 0) is 14.3 Å². The van der Waals surface area contributed by atoms with E-state index < -0.39 is 7.54 Å². The number of aryl methyl sites for hydroxylation is 6. The highest BCUT2D eigenvalue weighted by atomic mass is 19.4. The van der Waals surface area contributed by atoms with Crippen LogP contribution in [0.3, 0.4) is 0 Å². The Hall–Kier alpha value is -4.15. The molecule has 0 aromatic carbocycles. The first-order valence-corrected chi connectivity index (χ1v) is 15.4. The molecule has 5 heterocycles. The maximum absolute atomic E-state index is 12.7. The fourth-order valence-corrected chi connectivity index (χ4v) is 4.24. The molecule has 3 aromatic heterocycles. The predicted molar refractivity (Wildman–Crippen MR) is 176 cm³/mol. The molecule has 0 bridgehead atoms. The molecule has 48 heavy (non-hydrogen) atoms. The summed E-state index contributed by atoms with van der Waals surface area (Å²) in [4.78, 5) is 33.4. The number of carbonyl (C=O) groups is 3. The molecule has 264 valence electrons. The van der Waals surface area contributed by atoms with Crippen molar-refractivity contribution in [1.29, 1.82) is 0 Å². The molecule has 3 aromatic rings. The first-order chi connectivity index (χ1) is 22.8. The van der Waals surface area contributed by atoms with E-state index in [-0.39, 0.29) is 5.78 Å². The summed E-state index contributed by atoms with van der Waals surface area (Å²) in [5.41, 5.74) is 5.92. The Morgan fingerprint density at radius 1 is 0.708 bits per heavy atom. The molecule has 0 amide bonds. The van der Waals surface area contributed by atoms with Crippen molar-refractivity contribution >= 4 is 37.5 Å². The van der Waals surface area contributed by atoms with Crippen molar-refractivity contribution in [3.63, 3.8) is 0 Å². The van der Waals surface area contributed by atoms with Gasteiger partial charge in [0.2, 0.25) is 0 Å². The van der Waals surface area contributed by atoms with E-state index in [1.54, 1.807) is 13.8 Å². The highest BCUT2D eigenvalue weighted by Gasteiger charge is 2.22. The molecule has 16 heteroatoms. The molecular weight excluding hydrogens is 634 g/mol. The van der Waals surface area contributed by atoms with E-state index in [0.29, 0.717) is 58.6 Å². The van der Waals surface area contributed by atoms with Crippen LogP contribution in [0.1, 0.15) is 82.5 Å². The molecule has 5 rings (SSSR count). The van der Waals surface area contributed by atoms with Crippen molar-refractivity contribution in [3.8, 4) is 0 Å². The van der Waals surface area contributed by atoms with Crippen LogP contribution >= 0.6 is 0 Å². The maximum atomic E-state index is 12.7. The number of Topliss-reactive ketones (excluding diaryl/α,β-unsaturated/α-hetero) is 2. The monoisotopic (exact) mass is 679 g/mol. The van der Waals surface area contributed by atoms with Gasteiger partial charge in [-0.05, 0) is 67.5 Å². The van der Waals surface area contributed by atoms with E-state index in [4.69, 9.17) is 18.3 Å². The second kappa shape index (κ2) is 22.4. The van der Waals surface area contributed by atoms with Crippen LogP contribution in [0.25, 0.3) is 12.2 Å². The zero-order valence-corrected chi connectivity index (χ0v) is 28.8. The van der Waals surface area contributed by atoms with E-state index >= 15 is 0 Å². The Bertz CT molecular complexity index is 1380. The highest BCUT2D eigenvalue weighted by Crippen LogP contribution is 2.23. The van der Waals surface area contributed by atoms with Crippen LogP contribution in [0.5, 0.6) is 0 Å². The van der Waals surface area contributed by atoms with Gasteiger partial charge in [-0.15, -0.1) is 0 Å². The molecule has 12 nitrogen and oxygen atoms in total. The fraction of sp³-hybridized carbons (Fsp3) is 0.500. The Balaban J connectivity index is 0.000000375. The smallest absolute Gasteiger partial charge is 0.382 e. The van der Waals surface area contributed by atoms with Crippen molar-refractivity contribution in [3.05, 3.63) is 62.2 Å². The van der Waals surface area contributed by atoms with Gasteiger partial charge in [0.05, 0.1) is 22.6 Å². The van der Waals surface area contributed by atoms with Gasteiger partial charge in [0.15, 0.2) is 12.1 Å². The van der Waals surface area contributed by atoms with E-state index in [1.807, 2.05) is 53.7 Å². The standard InChI is InChI=1S/C17H19N3O3.C6H7NO2.C5H9NO.C4H10O.BF3/c1-9-15(11(3)22-19-9)5-13-7-18-8-14(17(13)21)6-16-10(2)20-23-12(16)4;1-4-6(3-8)5(2)9-7-4;7-5-1-3-6-4-2-5;1-3-5-4-2;2-1(3)4/h5-6,18H,7-8H2,1-4H3;3H,1-2H3;6H,1-4H2;3-4H2,1-2H3;/b13-5+,14-6+;;;;. The lowest BCUT2D eigenvalue weighted by Crippen LogP contribution is -2.32. The van der Waals surface area contributed by atoms with Crippen LogP contribution in [0, 0.1) is 41.5 Å². The lowest BCUT2D eigenvalue weighted by molar-refractivity contribution is -0.119. The Morgan fingerprint density at radius 3 is 1.31 bits per heavy atom. The quantitative estimate of drug-likeness (QED) is 0.198. The number of piperidine rings is 2. The van der Waals surface area contributed by atoms with Gasteiger partial charge in [-0.2, -0.15) is 0 Å². The minimum atomic E-state index is -3.67. The van der Waals surface area contributed by atoms with Crippen molar-refractivity contribution < 1.29 is 45.6 Å². The van der Waals surface area contributed by atoms with Gasteiger partial charge in [-0.3, -0.25) is 27.3 Å². The average molecular weight is 680 g/mol. The number of carbonyl (C=O) groups excluding carboxylic acids is 3. The fourth-order valence-electron chi connectivity index (χ4n) is 4.24. The number of rotatable bonds is 5. The highest BCUT2D eigenvalue weighted by molar-refractivity contribution is 6.33. The zero-order valence-electron chi connectivity index (χ0n) is 28.8. The summed E-state index contributed by atoms with van der Waals surface area (Å²) in [6.07, 6.45) is 5.94. The van der Waals surface area contributed by atoms with E-state index in [0.717, 1.165) is 67.9 Å². The summed E-state index contributed by atoms with van der Waals surface area (Å²) in [5.74, 6) is 2.44. The zero-order chi connectivity index (χ0) is 36.2. The summed E-state index contributed by atoms with van der Waals surface area (Å²) < 4.78 is 48.8. The summed E-state index contributed by atoms with van der Waals surface area (Å²) in [7, 11) is -3.67. The van der Waals surface area contributed by atoms with Crippen molar-refractivity contribution in [2.75, 3.05) is 39.4 Å². The van der Waals surface area contributed by atoms with Crippen molar-refractivity contribution in [2.45, 2.75) is 68.2 Å². The van der Waals surface area contributed by atoms with Gasteiger partial charge in [-0.1, -0.05) is 15.5 Å².